The van der Waals surface area contributed by atoms with E-state index >= 15 is 0 Å². The number of ether oxygens (including phenoxy) is 5. The molecule has 0 saturated heterocycles. The molecule has 0 heterocycles. The fourth-order valence-corrected chi connectivity index (χ4v) is 2.88. The monoisotopic (exact) mass is 559 g/mol. The molecule has 0 atom stereocenters. The van der Waals surface area contributed by atoms with Gasteiger partial charge in [0.2, 0.25) is 0 Å². The molecule has 0 fully saturated rings. The Morgan fingerprint density at radius 3 is 2.28 bits per heavy atom. The molecule has 0 spiro atoms. The molecule has 0 amide bonds. The van der Waals surface area contributed by atoms with Crippen LogP contribution in [-0.4, -0.2) is 54.2 Å². The number of rotatable bonds is 12. The van der Waals surface area contributed by atoms with Crippen LogP contribution in [0.5, 0.6) is 23.0 Å². The fourth-order valence-electron chi connectivity index (χ4n) is 2.88. The van der Waals surface area contributed by atoms with Crippen LogP contribution in [0, 0.1) is 0 Å². The highest BCUT2D eigenvalue weighted by Gasteiger charge is 2.12. The molecule has 0 radical (unpaired) electrons. The van der Waals surface area contributed by atoms with Gasteiger partial charge in [0.25, 0.3) is 0 Å². The van der Waals surface area contributed by atoms with Crippen molar-refractivity contribution in [3.05, 3.63) is 42.0 Å². The minimum Gasteiger partial charge on any atom is -0.496 e. The highest BCUT2D eigenvalue weighted by molar-refractivity contribution is 14.0. The third kappa shape index (κ3) is 8.62. The Hall–Kier alpha value is -2.40. The van der Waals surface area contributed by atoms with Crippen molar-refractivity contribution in [2.75, 3.05) is 53.5 Å². The summed E-state index contributed by atoms with van der Waals surface area (Å²) in [6.45, 7) is 4.41. The number of nitrogens with one attached hydrogen (secondary N) is 2. The molecular formula is C23H34IN3O5. The van der Waals surface area contributed by atoms with E-state index in [-0.39, 0.29) is 24.0 Å². The van der Waals surface area contributed by atoms with Gasteiger partial charge in [-0.3, -0.25) is 0 Å². The lowest BCUT2D eigenvalue weighted by atomic mass is 10.1. The molecule has 0 aliphatic carbocycles. The molecule has 0 saturated carbocycles. The molecule has 2 aromatic carbocycles. The summed E-state index contributed by atoms with van der Waals surface area (Å²) < 4.78 is 27.1. The van der Waals surface area contributed by atoms with Gasteiger partial charge in [-0.05, 0) is 25.1 Å². The number of guanidine groups is 1. The first-order valence-corrected chi connectivity index (χ1v) is 10.2. The Bertz CT molecular complexity index is 848. The Morgan fingerprint density at radius 1 is 0.906 bits per heavy atom. The molecule has 32 heavy (non-hydrogen) atoms. The molecule has 2 N–H and O–H groups in total. The number of halogens is 1. The summed E-state index contributed by atoms with van der Waals surface area (Å²) in [4.78, 5) is 4.70. The molecule has 0 unspecified atom stereocenters. The van der Waals surface area contributed by atoms with Gasteiger partial charge in [0, 0.05) is 50.1 Å². The van der Waals surface area contributed by atoms with E-state index in [1.54, 1.807) is 34.5 Å². The average molecular weight is 559 g/mol. The quantitative estimate of drug-likeness (QED) is 0.174. The molecule has 2 rings (SSSR count). The topological polar surface area (TPSA) is 82.6 Å². The van der Waals surface area contributed by atoms with Crippen LogP contribution in [0.2, 0.25) is 0 Å². The Balaban J connectivity index is 0.00000512. The van der Waals surface area contributed by atoms with Crippen LogP contribution in [0.4, 0.5) is 5.69 Å². The van der Waals surface area contributed by atoms with Gasteiger partial charge in [-0.25, -0.2) is 4.99 Å². The highest BCUT2D eigenvalue weighted by atomic mass is 127. The first-order valence-electron chi connectivity index (χ1n) is 10.2. The summed E-state index contributed by atoms with van der Waals surface area (Å²) in [5.74, 6) is 3.36. The van der Waals surface area contributed by atoms with Gasteiger partial charge in [0.1, 0.15) is 11.5 Å². The molecule has 9 heteroatoms. The predicted molar refractivity (Wildman–Crippen MR) is 138 cm³/mol. The Kier molecular flexibility index (Phi) is 13.3. The second-order valence-corrected chi connectivity index (χ2v) is 6.56. The summed E-state index contributed by atoms with van der Waals surface area (Å²) in [6.07, 6.45) is 0.839. The third-order valence-corrected chi connectivity index (χ3v) is 4.40. The van der Waals surface area contributed by atoms with Gasteiger partial charge in [-0.1, -0.05) is 6.07 Å². The fraction of sp³-hybridized carbons (Fsp3) is 0.435. The minimum absolute atomic E-state index is 0. The van der Waals surface area contributed by atoms with Gasteiger partial charge in [-0.2, -0.15) is 0 Å². The van der Waals surface area contributed by atoms with Crippen LogP contribution >= 0.6 is 24.0 Å². The molecular weight excluding hydrogens is 525 g/mol. The second-order valence-electron chi connectivity index (χ2n) is 6.56. The lowest BCUT2D eigenvalue weighted by molar-refractivity contribution is 0.172. The molecule has 0 aromatic heterocycles. The van der Waals surface area contributed by atoms with E-state index < -0.39 is 0 Å². The number of hydrogen-bond donors (Lipinski definition) is 2. The maximum absolute atomic E-state index is 5.77. The molecule has 2 aromatic rings. The van der Waals surface area contributed by atoms with E-state index in [0.717, 1.165) is 30.0 Å². The van der Waals surface area contributed by atoms with E-state index in [1.165, 1.54) is 0 Å². The largest absolute Gasteiger partial charge is 0.496 e. The van der Waals surface area contributed by atoms with E-state index in [1.807, 2.05) is 37.3 Å². The zero-order valence-electron chi connectivity index (χ0n) is 19.4. The summed E-state index contributed by atoms with van der Waals surface area (Å²) in [7, 11) is 6.50. The standard InChI is InChI=1S/C23H33N3O5.HI/c1-6-24-23(26-18-9-7-10-19(14-18)31-12-8-11-27-2)25-16-17-13-21(29-4)22(30-5)15-20(17)28-3;/h7,9-10,13-15H,6,8,11-12,16H2,1-5H3,(H2,24,25,26);1H. The third-order valence-electron chi connectivity index (χ3n) is 4.40. The maximum atomic E-state index is 5.77. The van der Waals surface area contributed by atoms with Crippen LogP contribution < -0.4 is 29.6 Å². The SMILES string of the molecule is CCNC(=NCc1cc(OC)c(OC)cc1OC)Nc1cccc(OCCCOC)c1.I. The van der Waals surface area contributed by atoms with Crippen molar-refractivity contribution >= 4 is 35.6 Å². The van der Waals surface area contributed by atoms with Crippen molar-refractivity contribution in [2.45, 2.75) is 19.9 Å². The average Bonchev–Trinajstić information content (AvgIpc) is 2.80. The van der Waals surface area contributed by atoms with Gasteiger partial charge in [0.15, 0.2) is 17.5 Å². The van der Waals surface area contributed by atoms with Crippen molar-refractivity contribution in [3.8, 4) is 23.0 Å². The van der Waals surface area contributed by atoms with Crippen LogP contribution in [0.3, 0.4) is 0 Å². The van der Waals surface area contributed by atoms with E-state index in [4.69, 9.17) is 28.7 Å². The summed E-state index contributed by atoms with van der Waals surface area (Å²) in [5, 5.41) is 6.57. The zero-order chi connectivity index (χ0) is 22.5. The van der Waals surface area contributed by atoms with Crippen LogP contribution in [-0.2, 0) is 11.3 Å². The van der Waals surface area contributed by atoms with Crippen molar-refractivity contribution in [1.82, 2.24) is 5.32 Å². The molecule has 8 nitrogen and oxygen atoms in total. The normalized spacial score (nSPS) is 10.7. The van der Waals surface area contributed by atoms with Crippen molar-refractivity contribution in [2.24, 2.45) is 4.99 Å². The number of methoxy groups -OCH3 is 4. The molecule has 0 aliphatic rings. The number of nitrogens with zero attached hydrogens (tertiary/aromatic N) is 1. The maximum Gasteiger partial charge on any atom is 0.196 e. The van der Waals surface area contributed by atoms with E-state index in [9.17, 15) is 0 Å². The van der Waals surface area contributed by atoms with Crippen molar-refractivity contribution < 1.29 is 23.7 Å². The number of benzene rings is 2. The molecule has 178 valence electrons. The zero-order valence-corrected chi connectivity index (χ0v) is 21.7. The van der Waals surface area contributed by atoms with Crippen LogP contribution in [0.15, 0.2) is 41.4 Å². The predicted octanol–water partition coefficient (Wildman–Crippen LogP) is 4.32. The lowest BCUT2D eigenvalue weighted by Crippen LogP contribution is -2.30. The van der Waals surface area contributed by atoms with E-state index in [0.29, 0.717) is 43.0 Å². The van der Waals surface area contributed by atoms with Crippen LogP contribution in [0.25, 0.3) is 0 Å². The first kappa shape index (κ1) is 27.6. The highest BCUT2D eigenvalue weighted by Crippen LogP contribution is 2.35. The van der Waals surface area contributed by atoms with Gasteiger partial charge in [0.05, 0.1) is 34.5 Å². The molecule has 0 aliphatic heterocycles. The van der Waals surface area contributed by atoms with Crippen molar-refractivity contribution in [1.29, 1.82) is 0 Å². The smallest absolute Gasteiger partial charge is 0.196 e. The first-order chi connectivity index (χ1) is 15.1. The lowest BCUT2D eigenvalue weighted by Gasteiger charge is -2.15. The van der Waals surface area contributed by atoms with Crippen LogP contribution in [0.1, 0.15) is 18.9 Å². The number of hydrogen-bond acceptors (Lipinski definition) is 6. The summed E-state index contributed by atoms with van der Waals surface area (Å²) in [6, 6.07) is 11.4. The summed E-state index contributed by atoms with van der Waals surface area (Å²) >= 11 is 0. The number of anilines is 1. The van der Waals surface area contributed by atoms with Gasteiger partial charge >= 0.3 is 0 Å². The van der Waals surface area contributed by atoms with Gasteiger partial charge < -0.3 is 34.3 Å². The van der Waals surface area contributed by atoms with Crippen molar-refractivity contribution in [3.63, 3.8) is 0 Å². The second kappa shape index (κ2) is 15.4. The Morgan fingerprint density at radius 2 is 1.62 bits per heavy atom. The summed E-state index contributed by atoms with van der Waals surface area (Å²) in [5.41, 5.74) is 1.76. The Labute approximate surface area is 207 Å². The number of aliphatic imine (C=N–C) groups is 1. The van der Waals surface area contributed by atoms with Gasteiger partial charge in [-0.15, -0.1) is 24.0 Å². The minimum atomic E-state index is 0. The molecule has 0 bridgehead atoms. The van der Waals surface area contributed by atoms with E-state index in [2.05, 4.69) is 10.6 Å².